The van der Waals surface area contributed by atoms with Crippen LogP contribution in [0, 0.1) is 0 Å². The highest BCUT2D eigenvalue weighted by atomic mass is 16.3. The van der Waals surface area contributed by atoms with E-state index in [9.17, 15) is 4.79 Å². The highest BCUT2D eigenvalue weighted by Crippen LogP contribution is 2.10. The first-order valence-electron chi connectivity index (χ1n) is 6.41. The quantitative estimate of drug-likeness (QED) is 0.438. The highest BCUT2D eigenvalue weighted by molar-refractivity contribution is 5.99. The summed E-state index contributed by atoms with van der Waals surface area (Å²) in [6.07, 6.45) is 1.33. The molecule has 5 heteroatoms. The van der Waals surface area contributed by atoms with Gasteiger partial charge in [-0.3, -0.25) is 10.2 Å². The number of para-hydroxylation sites is 2. The number of hydrogen-bond donors (Lipinski definition) is 2. The van der Waals surface area contributed by atoms with E-state index in [1.807, 2.05) is 30.3 Å². The molecule has 0 spiro atoms. The number of amidine groups is 1. The summed E-state index contributed by atoms with van der Waals surface area (Å²) in [7, 11) is 0. The average molecular weight is 279 g/mol. The third kappa shape index (κ3) is 2.62. The Bertz CT molecular complexity index is 854. The number of hydrogen-bond acceptors (Lipinski definition) is 4. The first kappa shape index (κ1) is 12.9. The van der Waals surface area contributed by atoms with Gasteiger partial charge in [-0.05, 0) is 24.3 Å². The van der Waals surface area contributed by atoms with Gasteiger partial charge in [0.15, 0.2) is 5.84 Å². The van der Waals surface area contributed by atoms with Crippen molar-refractivity contribution in [3.8, 4) is 0 Å². The van der Waals surface area contributed by atoms with E-state index in [2.05, 4.69) is 10.5 Å². The molecule has 0 aliphatic heterocycles. The molecular formula is C16H13N3O2. The number of anilines is 1. The second-order valence-corrected chi connectivity index (χ2v) is 4.45. The summed E-state index contributed by atoms with van der Waals surface area (Å²) in [5.74, 6) is 0.0818. The second-order valence-electron chi connectivity index (χ2n) is 4.45. The maximum absolute atomic E-state index is 12.3. The van der Waals surface area contributed by atoms with Crippen molar-refractivity contribution in [3.05, 3.63) is 76.6 Å². The van der Waals surface area contributed by atoms with Gasteiger partial charge < -0.3 is 10.2 Å². The zero-order chi connectivity index (χ0) is 14.7. The fraction of sp³-hybridized carbons (Fsp3) is 0. The van der Waals surface area contributed by atoms with Gasteiger partial charge >= 0.3 is 0 Å². The monoisotopic (exact) mass is 279 g/mol. The first-order valence-corrected chi connectivity index (χ1v) is 6.41. The van der Waals surface area contributed by atoms with Gasteiger partial charge in [0.1, 0.15) is 17.4 Å². The molecule has 21 heavy (non-hydrogen) atoms. The minimum atomic E-state index is -0.201. The van der Waals surface area contributed by atoms with Gasteiger partial charge in [0, 0.05) is 0 Å². The standard InChI is InChI=1S/C16H13N3O2/c17-16(19-18-11-6-2-1-3-7-11)13-10-21-14-9-5-4-8-12(14)15(13)20/h1-10,18H,(H2,17,19). The van der Waals surface area contributed by atoms with Crippen LogP contribution in [0.15, 0.2) is 75.2 Å². The van der Waals surface area contributed by atoms with Crippen LogP contribution in [-0.4, -0.2) is 5.84 Å². The lowest BCUT2D eigenvalue weighted by molar-refractivity contribution is 0.601. The Kier molecular flexibility index (Phi) is 3.39. The van der Waals surface area contributed by atoms with E-state index >= 15 is 0 Å². The Morgan fingerprint density at radius 2 is 1.76 bits per heavy atom. The Morgan fingerprint density at radius 1 is 1.05 bits per heavy atom. The molecule has 1 heterocycles. The van der Waals surface area contributed by atoms with Crippen molar-refractivity contribution >= 4 is 22.5 Å². The van der Waals surface area contributed by atoms with Crippen molar-refractivity contribution in [2.24, 2.45) is 10.8 Å². The van der Waals surface area contributed by atoms with Gasteiger partial charge in [-0.15, -0.1) is 0 Å². The SMILES string of the molecule is N/C(=N\Nc1ccccc1)c1coc2ccccc2c1=O. The number of hydrazone groups is 1. The van der Waals surface area contributed by atoms with Crippen LogP contribution < -0.4 is 16.6 Å². The van der Waals surface area contributed by atoms with E-state index in [-0.39, 0.29) is 16.8 Å². The van der Waals surface area contributed by atoms with Crippen molar-refractivity contribution in [3.63, 3.8) is 0 Å². The van der Waals surface area contributed by atoms with Crippen LogP contribution in [0.25, 0.3) is 11.0 Å². The van der Waals surface area contributed by atoms with Gasteiger partial charge in [0.25, 0.3) is 0 Å². The molecule has 0 atom stereocenters. The first-order chi connectivity index (χ1) is 10.3. The maximum atomic E-state index is 12.3. The average Bonchev–Trinajstić information content (AvgIpc) is 2.54. The summed E-state index contributed by atoms with van der Waals surface area (Å²) in [6.45, 7) is 0. The van der Waals surface area contributed by atoms with E-state index in [4.69, 9.17) is 10.2 Å². The van der Waals surface area contributed by atoms with Crippen molar-refractivity contribution in [2.75, 3.05) is 5.43 Å². The molecular weight excluding hydrogens is 266 g/mol. The fourth-order valence-corrected chi connectivity index (χ4v) is 1.95. The van der Waals surface area contributed by atoms with Crippen LogP contribution in [0.1, 0.15) is 5.56 Å². The minimum absolute atomic E-state index is 0.0818. The Hall–Kier alpha value is -3.08. The lowest BCUT2D eigenvalue weighted by Gasteiger charge is -2.03. The molecule has 0 aliphatic carbocycles. The smallest absolute Gasteiger partial charge is 0.203 e. The number of nitrogens with zero attached hydrogens (tertiary/aromatic N) is 1. The minimum Gasteiger partial charge on any atom is -0.463 e. The zero-order valence-electron chi connectivity index (χ0n) is 11.1. The Labute approximate surface area is 120 Å². The van der Waals surface area contributed by atoms with Crippen LogP contribution in [0.2, 0.25) is 0 Å². The van der Waals surface area contributed by atoms with Gasteiger partial charge in [-0.25, -0.2) is 0 Å². The summed E-state index contributed by atoms with van der Waals surface area (Å²) in [6, 6.07) is 16.4. The molecule has 0 unspecified atom stereocenters. The van der Waals surface area contributed by atoms with Gasteiger partial charge in [0.05, 0.1) is 11.1 Å². The molecule has 3 N–H and O–H groups in total. The molecule has 2 aromatic carbocycles. The molecule has 5 nitrogen and oxygen atoms in total. The largest absolute Gasteiger partial charge is 0.463 e. The van der Waals surface area contributed by atoms with Gasteiger partial charge in [-0.2, -0.15) is 5.10 Å². The van der Waals surface area contributed by atoms with E-state index in [0.717, 1.165) is 5.69 Å². The highest BCUT2D eigenvalue weighted by Gasteiger charge is 2.09. The normalized spacial score (nSPS) is 11.5. The van der Waals surface area contributed by atoms with Gasteiger partial charge in [0.2, 0.25) is 5.43 Å². The third-order valence-electron chi connectivity index (χ3n) is 3.04. The van der Waals surface area contributed by atoms with Crippen molar-refractivity contribution < 1.29 is 4.42 Å². The van der Waals surface area contributed by atoms with E-state index < -0.39 is 0 Å². The predicted molar refractivity (Wildman–Crippen MR) is 83.3 cm³/mol. The molecule has 1 aromatic heterocycles. The molecule has 0 aliphatic rings. The maximum Gasteiger partial charge on any atom is 0.203 e. The van der Waals surface area contributed by atoms with E-state index in [0.29, 0.717) is 11.0 Å². The Morgan fingerprint density at radius 3 is 2.57 bits per heavy atom. The number of benzene rings is 2. The van der Waals surface area contributed by atoms with Gasteiger partial charge in [-0.1, -0.05) is 30.3 Å². The number of nitrogens with one attached hydrogen (secondary N) is 1. The molecule has 0 saturated carbocycles. The summed E-state index contributed by atoms with van der Waals surface area (Å²) < 4.78 is 5.41. The van der Waals surface area contributed by atoms with Crippen LogP contribution >= 0.6 is 0 Å². The van der Waals surface area contributed by atoms with Crippen molar-refractivity contribution in [2.45, 2.75) is 0 Å². The predicted octanol–water partition coefficient (Wildman–Crippen LogP) is 2.53. The molecule has 0 saturated heterocycles. The molecule has 0 fully saturated rings. The molecule has 3 rings (SSSR count). The molecule has 0 radical (unpaired) electrons. The second kappa shape index (κ2) is 5.50. The fourth-order valence-electron chi connectivity index (χ4n) is 1.95. The van der Waals surface area contributed by atoms with E-state index in [1.54, 1.807) is 24.3 Å². The van der Waals surface area contributed by atoms with Crippen LogP contribution in [-0.2, 0) is 0 Å². The summed E-state index contributed by atoms with van der Waals surface area (Å²) in [5, 5.41) is 4.50. The number of rotatable bonds is 3. The number of fused-ring (bicyclic) bond motifs is 1. The van der Waals surface area contributed by atoms with E-state index in [1.165, 1.54) is 6.26 Å². The zero-order valence-corrected chi connectivity index (χ0v) is 11.1. The molecule has 0 bridgehead atoms. The van der Waals surface area contributed by atoms with Crippen LogP contribution in [0.3, 0.4) is 0 Å². The third-order valence-corrected chi connectivity index (χ3v) is 3.04. The van der Waals surface area contributed by atoms with Crippen LogP contribution in [0.4, 0.5) is 5.69 Å². The summed E-state index contributed by atoms with van der Waals surface area (Å²) in [5.41, 5.74) is 10.0. The topological polar surface area (TPSA) is 80.6 Å². The Balaban J connectivity index is 1.96. The van der Waals surface area contributed by atoms with Crippen molar-refractivity contribution in [1.29, 1.82) is 0 Å². The molecule has 104 valence electrons. The van der Waals surface area contributed by atoms with Crippen LogP contribution in [0.5, 0.6) is 0 Å². The van der Waals surface area contributed by atoms with Crippen molar-refractivity contribution in [1.82, 2.24) is 0 Å². The molecule has 0 amide bonds. The lowest BCUT2D eigenvalue weighted by atomic mass is 10.1. The molecule has 3 aromatic rings. The summed E-state index contributed by atoms with van der Waals surface area (Å²) >= 11 is 0. The number of nitrogens with two attached hydrogens (primary N) is 1. The summed E-state index contributed by atoms with van der Waals surface area (Å²) in [4.78, 5) is 12.3. The lowest BCUT2D eigenvalue weighted by Crippen LogP contribution is -2.23.